The van der Waals surface area contributed by atoms with Gasteiger partial charge in [0.05, 0.1) is 0 Å². The molecule has 20 heavy (non-hydrogen) atoms. The Morgan fingerprint density at radius 3 is 2.10 bits per heavy atom. The molecule has 0 spiro atoms. The molecule has 0 unspecified atom stereocenters. The number of nitrogens with one attached hydrogen (secondary N) is 1. The smallest absolute Gasteiger partial charge is 0.251 e. The number of carbonyl (C=O) groups excluding carboxylic acids is 1. The van der Waals surface area contributed by atoms with Crippen LogP contribution in [0.25, 0.3) is 0 Å². The van der Waals surface area contributed by atoms with Gasteiger partial charge in [-0.15, -0.1) is 0 Å². The van der Waals surface area contributed by atoms with Gasteiger partial charge in [-0.3, -0.25) is 4.79 Å². The molecule has 0 bridgehead atoms. The highest BCUT2D eigenvalue weighted by molar-refractivity contribution is 5.94. The van der Waals surface area contributed by atoms with Crippen LogP contribution in [0, 0.1) is 17.5 Å². The van der Waals surface area contributed by atoms with E-state index < -0.39 is 17.5 Å². The van der Waals surface area contributed by atoms with Crippen molar-refractivity contribution in [2.24, 2.45) is 0 Å². The lowest BCUT2D eigenvalue weighted by Crippen LogP contribution is -2.25. The Morgan fingerprint density at radius 1 is 0.900 bits per heavy atom. The summed E-state index contributed by atoms with van der Waals surface area (Å²) in [5, 5.41) is 2.60. The fraction of sp³-hybridized carbons (Fsp3) is 0.133. The van der Waals surface area contributed by atoms with E-state index in [2.05, 4.69) is 5.32 Å². The second kappa shape index (κ2) is 6.23. The first-order valence-corrected chi connectivity index (χ1v) is 6.03. The van der Waals surface area contributed by atoms with Gasteiger partial charge in [-0.1, -0.05) is 0 Å². The van der Waals surface area contributed by atoms with Crippen molar-refractivity contribution in [3.8, 4) is 0 Å². The van der Waals surface area contributed by atoms with Crippen molar-refractivity contribution in [2.45, 2.75) is 6.42 Å². The summed E-state index contributed by atoms with van der Waals surface area (Å²) in [6.07, 6.45) is 0.307. The van der Waals surface area contributed by atoms with Crippen LogP contribution in [0.4, 0.5) is 13.2 Å². The third-order valence-electron chi connectivity index (χ3n) is 2.73. The average molecular weight is 279 g/mol. The summed E-state index contributed by atoms with van der Waals surface area (Å²) >= 11 is 0. The van der Waals surface area contributed by atoms with Gasteiger partial charge in [0.1, 0.15) is 17.5 Å². The lowest BCUT2D eigenvalue weighted by atomic mass is 10.1. The Morgan fingerprint density at radius 2 is 1.50 bits per heavy atom. The largest absolute Gasteiger partial charge is 0.352 e. The molecule has 0 aliphatic rings. The SMILES string of the molecule is O=C(NCCc1cc(F)cc(F)c1)c1ccc(F)cc1. The minimum absolute atomic E-state index is 0.235. The maximum Gasteiger partial charge on any atom is 0.251 e. The molecule has 0 radical (unpaired) electrons. The van der Waals surface area contributed by atoms with Crippen LogP contribution < -0.4 is 5.32 Å². The Labute approximate surface area is 114 Å². The van der Waals surface area contributed by atoms with Crippen molar-refractivity contribution in [3.63, 3.8) is 0 Å². The lowest BCUT2D eigenvalue weighted by molar-refractivity contribution is 0.0954. The molecule has 0 aromatic heterocycles. The molecule has 0 heterocycles. The minimum Gasteiger partial charge on any atom is -0.352 e. The van der Waals surface area contributed by atoms with Crippen LogP contribution in [0.2, 0.25) is 0 Å². The average Bonchev–Trinajstić information content (AvgIpc) is 2.38. The lowest BCUT2D eigenvalue weighted by Gasteiger charge is -2.06. The highest BCUT2D eigenvalue weighted by Gasteiger charge is 2.05. The summed E-state index contributed by atoms with van der Waals surface area (Å²) < 4.78 is 38.6. The molecule has 0 fully saturated rings. The van der Waals surface area contributed by atoms with Crippen molar-refractivity contribution >= 4 is 5.91 Å². The first-order valence-electron chi connectivity index (χ1n) is 6.03. The van der Waals surface area contributed by atoms with Gasteiger partial charge in [-0.2, -0.15) is 0 Å². The summed E-state index contributed by atoms with van der Waals surface area (Å²) in [5.74, 6) is -2.08. The molecule has 2 aromatic carbocycles. The van der Waals surface area contributed by atoms with Gasteiger partial charge in [0.15, 0.2) is 0 Å². The molecule has 5 heteroatoms. The standard InChI is InChI=1S/C15H12F3NO/c16-12-3-1-11(2-4-12)15(20)19-6-5-10-7-13(17)9-14(18)8-10/h1-4,7-9H,5-6H2,(H,19,20). The molecule has 0 atom stereocenters. The molecule has 0 saturated heterocycles. The number of amides is 1. The highest BCUT2D eigenvalue weighted by atomic mass is 19.1. The number of rotatable bonds is 4. The first kappa shape index (κ1) is 14.1. The van der Waals surface area contributed by atoms with Crippen LogP contribution in [0.3, 0.4) is 0 Å². The molecule has 2 nitrogen and oxygen atoms in total. The van der Waals surface area contributed by atoms with Crippen LogP contribution in [0.5, 0.6) is 0 Å². The quantitative estimate of drug-likeness (QED) is 0.915. The van der Waals surface area contributed by atoms with Crippen molar-refractivity contribution in [2.75, 3.05) is 6.54 Å². The van der Waals surface area contributed by atoms with E-state index in [9.17, 15) is 18.0 Å². The fourth-order valence-electron chi connectivity index (χ4n) is 1.78. The molecule has 0 aliphatic heterocycles. The summed E-state index contributed by atoms with van der Waals surface area (Å²) in [7, 11) is 0. The predicted molar refractivity (Wildman–Crippen MR) is 68.8 cm³/mol. The molecule has 2 rings (SSSR count). The third kappa shape index (κ3) is 3.85. The molecular formula is C15H12F3NO. The number of benzene rings is 2. The van der Waals surface area contributed by atoms with Crippen molar-refractivity contribution in [1.82, 2.24) is 5.32 Å². The molecular weight excluding hydrogens is 267 g/mol. The zero-order valence-corrected chi connectivity index (χ0v) is 10.5. The fourth-order valence-corrected chi connectivity index (χ4v) is 1.78. The predicted octanol–water partition coefficient (Wildman–Crippen LogP) is 3.08. The molecule has 1 N–H and O–H groups in total. The van der Waals surface area contributed by atoms with Gasteiger partial charge in [-0.05, 0) is 48.4 Å². The molecule has 2 aromatic rings. The molecule has 104 valence electrons. The Bertz CT molecular complexity index is 591. The molecule has 0 saturated carbocycles. The summed E-state index contributed by atoms with van der Waals surface area (Å²) in [4.78, 5) is 11.7. The number of hydrogen-bond acceptors (Lipinski definition) is 1. The normalized spacial score (nSPS) is 10.3. The van der Waals surface area contributed by atoms with Crippen LogP contribution >= 0.6 is 0 Å². The van der Waals surface area contributed by atoms with Crippen LogP contribution in [0.1, 0.15) is 15.9 Å². The molecule has 1 amide bonds. The summed E-state index contributed by atoms with van der Waals surface area (Å²) in [6.45, 7) is 0.235. The van der Waals surface area contributed by atoms with E-state index in [0.29, 0.717) is 17.5 Å². The number of carbonyl (C=O) groups is 1. The topological polar surface area (TPSA) is 29.1 Å². The van der Waals surface area contributed by atoms with Gasteiger partial charge in [0, 0.05) is 18.2 Å². The van der Waals surface area contributed by atoms with E-state index in [0.717, 1.165) is 6.07 Å². The Hall–Kier alpha value is -2.30. The second-order valence-electron chi connectivity index (χ2n) is 4.29. The number of hydrogen-bond donors (Lipinski definition) is 1. The van der Waals surface area contributed by atoms with Gasteiger partial charge in [-0.25, -0.2) is 13.2 Å². The van der Waals surface area contributed by atoms with Crippen LogP contribution in [-0.4, -0.2) is 12.5 Å². The summed E-state index contributed by atoms with van der Waals surface area (Å²) in [5.41, 5.74) is 0.790. The maximum absolute atomic E-state index is 13.0. The van der Waals surface area contributed by atoms with Gasteiger partial charge < -0.3 is 5.32 Å². The highest BCUT2D eigenvalue weighted by Crippen LogP contribution is 2.08. The second-order valence-corrected chi connectivity index (χ2v) is 4.29. The van der Waals surface area contributed by atoms with Crippen molar-refractivity contribution < 1.29 is 18.0 Å². The maximum atomic E-state index is 13.0. The summed E-state index contributed by atoms with van der Waals surface area (Å²) in [6, 6.07) is 8.34. The van der Waals surface area contributed by atoms with E-state index in [-0.39, 0.29) is 12.5 Å². The van der Waals surface area contributed by atoms with E-state index >= 15 is 0 Å². The van der Waals surface area contributed by atoms with Gasteiger partial charge >= 0.3 is 0 Å². The number of halogens is 3. The Kier molecular flexibility index (Phi) is 4.40. The van der Waals surface area contributed by atoms with Crippen LogP contribution in [0.15, 0.2) is 42.5 Å². The van der Waals surface area contributed by atoms with Gasteiger partial charge in [0.25, 0.3) is 5.91 Å². The minimum atomic E-state index is -0.648. The van der Waals surface area contributed by atoms with E-state index in [1.165, 1.54) is 36.4 Å². The van der Waals surface area contributed by atoms with Crippen LogP contribution in [-0.2, 0) is 6.42 Å². The van der Waals surface area contributed by atoms with Crippen molar-refractivity contribution in [1.29, 1.82) is 0 Å². The molecule has 0 aliphatic carbocycles. The first-order chi connectivity index (χ1) is 9.54. The Balaban J connectivity index is 1.89. The van der Waals surface area contributed by atoms with E-state index in [1.807, 2.05) is 0 Å². The third-order valence-corrected chi connectivity index (χ3v) is 2.73. The van der Waals surface area contributed by atoms with Crippen molar-refractivity contribution in [3.05, 3.63) is 71.0 Å². The monoisotopic (exact) mass is 279 g/mol. The zero-order chi connectivity index (χ0) is 14.5. The van der Waals surface area contributed by atoms with Gasteiger partial charge in [0.2, 0.25) is 0 Å². The van der Waals surface area contributed by atoms with E-state index in [1.54, 1.807) is 0 Å². The zero-order valence-electron chi connectivity index (χ0n) is 10.5. The van der Waals surface area contributed by atoms with E-state index in [4.69, 9.17) is 0 Å².